The Hall–Kier alpha value is -2.17. The van der Waals surface area contributed by atoms with Gasteiger partial charge in [-0.2, -0.15) is 0 Å². The second-order valence-electron chi connectivity index (χ2n) is 4.36. The van der Waals surface area contributed by atoms with E-state index >= 15 is 0 Å². The molecule has 0 unspecified atom stereocenters. The van der Waals surface area contributed by atoms with Crippen molar-refractivity contribution >= 4 is 16.9 Å². The second kappa shape index (κ2) is 6.13. The van der Waals surface area contributed by atoms with Crippen molar-refractivity contribution in [3.05, 3.63) is 30.0 Å². The number of rotatable bonds is 6. The average molecular weight is 259 g/mol. The molecule has 2 rings (SSSR count). The van der Waals surface area contributed by atoms with Crippen LogP contribution in [0.2, 0.25) is 0 Å². The summed E-state index contributed by atoms with van der Waals surface area (Å²) in [7, 11) is 1.59. The molecule has 2 aromatic rings. The smallest absolute Gasteiger partial charge is 0.217 e. The molecular formula is C14H17N3O2. The quantitative estimate of drug-likeness (QED) is 0.803. The third-order valence-corrected chi connectivity index (χ3v) is 2.97. The van der Waals surface area contributed by atoms with Crippen LogP contribution >= 0.6 is 0 Å². The van der Waals surface area contributed by atoms with Gasteiger partial charge in [0.25, 0.3) is 0 Å². The number of nitrogens with zero attached hydrogens (tertiary/aromatic N) is 2. The lowest BCUT2D eigenvalue weighted by Gasteiger charge is -2.06. The number of fused-ring (bicyclic) bond motifs is 1. The summed E-state index contributed by atoms with van der Waals surface area (Å²) in [5.41, 5.74) is 7.96. The van der Waals surface area contributed by atoms with Crippen molar-refractivity contribution in [3.63, 3.8) is 0 Å². The third kappa shape index (κ3) is 3.40. The highest BCUT2D eigenvalue weighted by Gasteiger charge is 2.05. The summed E-state index contributed by atoms with van der Waals surface area (Å²) in [5.74, 6) is 0.332. The highest BCUT2D eigenvalue weighted by molar-refractivity contribution is 5.78. The van der Waals surface area contributed by atoms with Gasteiger partial charge in [-0.15, -0.1) is 0 Å². The highest BCUT2D eigenvalue weighted by Crippen LogP contribution is 2.19. The zero-order valence-electron chi connectivity index (χ0n) is 10.9. The van der Waals surface area contributed by atoms with Crippen molar-refractivity contribution < 1.29 is 9.53 Å². The molecule has 0 saturated heterocycles. The number of hydrogen-bond donors (Lipinski definition) is 1. The summed E-state index contributed by atoms with van der Waals surface area (Å²) in [6.45, 7) is 0. The Kier molecular flexibility index (Phi) is 4.28. The number of methoxy groups -OCH3 is 1. The van der Waals surface area contributed by atoms with Crippen LogP contribution in [-0.2, 0) is 11.2 Å². The molecule has 0 fully saturated rings. The normalized spacial score (nSPS) is 10.6. The minimum absolute atomic E-state index is 0.251. The molecule has 0 aromatic carbocycles. The van der Waals surface area contributed by atoms with Crippen LogP contribution in [-0.4, -0.2) is 23.0 Å². The molecule has 0 aliphatic rings. The number of ether oxygens (including phenoxy) is 1. The van der Waals surface area contributed by atoms with Crippen LogP contribution < -0.4 is 10.5 Å². The minimum Gasteiger partial charge on any atom is -0.481 e. The summed E-state index contributed by atoms with van der Waals surface area (Å²) < 4.78 is 5.13. The topological polar surface area (TPSA) is 78.1 Å². The number of primary amides is 1. The van der Waals surface area contributed by atoms with Crippen molar-refractivity contribution in [2.24, 2.45) is 5.73 Å². The monoisotopic (exact) mass is 259 g/mol. The van der Waals surface area contributed by atoms with Crippen molar-refractivity contribution in [1.82, 2.24) is 9.97 Å². The number of nitrogens with two attached hydrogens (primary N) is 1. The van der Waals surface area contributed by atoms with E-state index in [1.165, 1.54) is 0 Å². The lowest BCUT2D eigenvalue weighted by molar-refractivity contribution is -0.118. The van der Waals surface area contributed by atoms with Gasteiger partial charge in [-0.3, -0.25) is 9.78 Å². The minimum atomic E-state index is -0.251. The molecule has 100 valence electrons. The molecule has 1 amide bonds. The molecule has 2 N–H and O–H groups in total. The largest absolute Gasteiger partial charge is 0.481 e. The Morgan fingerprint density at radius 1 is 1.32 bits per heavy atom. The van der Waals surface area contributed by atoms with Crippen LogP contribution in [0.25, 0.3) is 11.0 Å². The van der Waals surface area contributed by atoms with Crippen LogP contribution in [0.1, 0.15) is 24.8 Å². The Balaban J connectivity index is 2.15. The lowest BCUT2D eigenvalue weighted by Crippen LogP contribution is -2.09. The lowest BCUT2D eigenvalue weighted by atomic mass is 10.1. The van der Waals surface area contributed by atoms with Gasteiger partial charge in [0.2, 0.25) is 11.8 Å². The predicted octanol–water partition coefficient (Wildman–Crippen LogP) is 1.84. The number of aryl methyl sites for hydroxylation is 1. The Morgan fingerprint density at radius 2 is 2.16 bits per heavy atom. The number of carbonyl (C=O) groups is 1. The van der Waals surface area contributed by atoms with Crippen molar-refractivity contribution in [2.75, 3.05) is 7.11 Å². The SMILES string of the molecule is COc1ccc2nccc(CCCCC(N)=O)c2n1. The molecule has 2 aromatic heterocycles. The molecule has 0 spiro atoms. The van der Waals surface area contributed by atoms with E-state index in [9.17, 15) is 4.79 Å². The molecular weight excluding hydrogens is 242 g/mol. The van der Waals surface area contributed by atoms with E-state index in [1.54, 1.807) is 19.4 Å². The standard InChI is InChI=1S/C14H17N3O2/c1-19-13-7-6-11-14(17-13)10(8-9-16-11)4-2-3-5-12(15)18/h6-9H,2-5H2,1H3,(H2,15,18). The number of aromatic nitrogens is 2. The Labute approximate surface area is 111 Å². The van der Waals surface area contributed by atoms with E-state index in [0.717, 1.165) is 35.9 Å². The van der Waals surface area contributed by atoms with Crippen LogP contribution in [0.4, 0.5) is 0 Å². The fourth-order valence-electron chi connectivity index (χ4n) is 1.99. The third-order valence-electron chi connectivity index (χ3n) is 2.97. The van der Waals surface area contributed by atoms with E-state index < -0.39 is 0 Å². The molecule has 0 atom stereocenters. The maximum atomic E-state index is 10.7. The summed E-state index contributed by atoms with van der Waals surface area (Å²) in [4.78, 5) is 19.4. The molecule has 2 heterocycles. The molecule has 0 saturated carbocycles. The highest BCUT2D eigenvalue weighted by atomic mass is 16.5. The van der Waals surface area contributed by atoms with Crippen LogP contribution in [0.3, 0.4) is 0 Å². The van der Waals surface area contributed by atoms with Gasteiger partial charge >= 0.3 is 0 Å². The van der Waals surface area contributed by atoms with Gasteiger partial charge in [0, 0.05) is 18.7 Å². The van der Waals surface area contributed by atoms with Gasteiger partial charge in [-0.25, -0.2) is 4.98 Å². The number of pyridine rings is 2. The first-order valence-corrected chi connectivity index (χ1v) is 6.27. The average Bonchev–Trinajstić information content (AvgIpc) is 2.43. The van der Waals surface area contributed by atoms with Gasteiger partial charge in [-0.1, -0.05) is 0 Å². The maximum Gasteiger partial charge on any atom is 0.217 e. The summed E-state index contributed by atoms with van der Waals surface area (Å²) >= 11 is 0. The van der Waals surface area contributed by atoms with Crippen molar-refractivity contribution in [1.29, 1.82) is 0 Å². The van der Waals surface area contributed by atoms with Crippen LogP contribution in [0.15, 0.2) is 24.4 Å². The molecule has 19 heavy (non-hydrogen) atoms. The van der Waals surface area contributed by atoms with E-state index in [2.05, 4.69) is 9.97 Å². The Bertz CT molecular complexity index is 584. The van der Waals surface area contributed by atoms with Gasteiger partial charge in [0.1, 0.15) is 0 Å². The molecule has 0 radical (unpaired) electrons. The number of amides is 1. The van der Waals surface area contributed by atoms with Crippen LogP contribution in [0.5, 0.6) is 5.88 Å². The van der Waals surface area contributed by atoms with E-state index in [1.807, 2.05) is 12.1 Å². The fourth-order valence-corrected chi connectivity index (χ4v) is 1.99. The Morgan fingerprint density at radius 3 is 2.89 bits per heavy atom. The summed E-state index contributed by atoms with van der Waals surface area (Å²) in [5, 5.41) is 0. The fraction of sp³-hybridized carbons (Fsp3) is 0.357. The van der Waals surface area contributed by atoms with E-state index in [-0.39, 0.29) is 5.91 Å². The zero-order chi connectivity index (χ0) is 13.7. The molecule has 0 bridgehead atoms. The number of carbonyl (C=O) groups excluding carboxylic acids is 1. The van der Waals surface area contributed by atoms with E-state index in [4.69, 9.17) is 10.5 Å². The van der Waals surface area contributed by atoms with Gasteiger partial charge in [-0.05, 0) is 37.0 Å². The maximum absolute atomic E-state index is 10.7. The van der Waals surface area contributed by atoms with Gasteiger partial charge in [0.15, 0.2) is 0 Å². The molecule has 5 nitrogen and oxygen atoms in total. The zero-order valence-corrected chi connectivity index (χ0v) is 10.9. The molecule has 5 heteroatoms. The first-order chi connectivity index (χ1) is 9.20. The second-order valence-corrected chi connectivity index (χ2v) is 4.36. The van der Waals surface area contributed by atoms with Crippen LogP contribution in [0, 0.1) is 0 Å². The van der Waals surface area contributed by atoms with Gasteiger partial charge in [0.05, 0.1) is 18.1 Å². The number of unbranched alkanes of at least 4 members (excludes halogenated alkanes) is 1. The van der Waals surface area contributed by atoms with Crippen molar-refractivity contribution in [2.45, 2.75) is 25.7 Å². The number of hydrogen-bond acceptors (Lipinski definition) is 4. The summed E-state index contributed by atoms with van der Waals surface area (Å²) in [6.07, 6.45) is 4.76. The first-order valence-electron chi connectivity index (χ1n) is 6.27. The summed E-state index contributed by atoms with van der Waals surface area (Å²) in [6, 6.07) is 5.65. The van der Waals surface area contributed by atoms with E-state index in [0.29, 0.717) is 12.3 Å². The predicted molar refractivity (Wildman–Crippen MR) is 72.8 cm³/mol. The molecule has 0 aliphatic carbocycles. The molecule has 0 aliphatic heterocycles. The van der Waals surface area contributed by atoms with Crippen molar-refractivity contribution in [3.8, 4) is 5.88 Å². The van der Waals surface area contributed by atoms with Gasteiger partial charge < -0.3 is 10.5 Å². The first kappa shape index (κ1) is 13.3.